The Bertz CT molecular complexity index is 3020. The Morgan fingerprint density at radius 1 is 0.200 bits per heavy atom. The van der Waals surface area contributed by atoms with E-state index in [0.29, 0.717) is 29.1 Å². The Kier molecular flexibility index (Phi) is 9.84. The first-order chi connectivity index (χ1) is 29.7. The van der Waals surface area contributed by atoms with Crippen LogP contribution in [0.1, 0.15) is 0 Å². The number of aromatic nitrogens is 6. The van der Waals surface area contributed by atoms with Crippen molar-refractivity contribution in [3.8, 4) is 101 Å². The molecule has 2 heterocycles. The molecule has 6 nitrogen and oxygen atoms in total. The highest BCUT2D eigenvalue weighted by Crippen LogP contribution is 2.36. The summed E-state index contributed by atoms with van der Waals surface area (Å²) in [7, 11) is 0. The molecule has 0 saturated heterocycles. The Morgan fingerprint density at radius 3 is 1.13 bits per heavy atom. The van der Waals surface area contributed by atoms with Gasteiger partial charge in [0.1, 0.15) is 6.33 Å². The Hall–Kier alpha value is -8.22. The summed E-state index contributed by atoms with van der Waals surface area (Å²) in [6, 6.07) is 72.7. The van der Waals surface area contributed by atoms with Gasteiger partial charge in [0.15, 0.2) is 29.1 Å². The molecule has 6 heteroatoms. The molecule has 0 aliphatic rings. The largest absolute Gasteiger partial charge is 0.217 e. The Morgan fingerprint density at radius 2 is 0.550 bits per heavy atom. The van der Waals surface area contributed by atoms with Gasteiger partial charge in [-0.05, 0) is 74.8 Å². The van der Waals surface area contributed by atoms with Gasteiger partial charge in [-0.2, -0.15) is 0 Å². The van der Waals surface area contributed by atoms with E-state index < -0.39 is 0 Å². The molecule has 0 amide bonds. The van der Waals surface area contributed by atoms with E-state index in [2.05, 4.69) is 120 Å². The average molecular weight is 769 g/mol. The standard InChI is InChI=1S/C54H36N6/c1-5-17-37(18-6-1)45-33-46(35-47(34-45)50-55-36-56-54(57-50)49-30-14-13-29-48(49)38-19-7-2-8-20-38)43-27-15-25-41(31-43)42-26-16-28-44(32-42)53-59-51(39-21-9-3-10-22-39)58-52(60-53)40-23-11-4-12-24-40/h1-36H. The molecule has 8 aromatic carbocycles. The molecule has 0 radical (unpaired) electrons. The van der Waals surface area contributed by atoms with Crippen LogP contribution in [0.4, 0.5) is 0 Å². The average Bonchev–Trinajstić information content (AvgIpc) is 3.35. The lowest BCUT2D eigenvalue weighted by Gasteiger charge is -2.13. The summed E-state index contributed by atoms with van der Waals surface area (Å²) in [6.07, 6.45) is 1.61. The quantitative estimate of drug-likeness (QED) is 0.145. The molecule has 282 valence electrons. The fraction of sp³-hybridized carbons (Fsp3) is 0. The van der Waals surface area contributed by atoms with Gasteiger partial charge in [-0.3, -0.25) is 0 Å². The molecule has 2 aromatic heterocycles. The normalized spacial score (nSPS) is 11.0. The van der Waals surface area contributed by atoms with E-state index in [1.54, 1.807) is 6.33 Å². The van der Waals surface area contributed by atoms with Crippen LogP contribution in [0.15, 0.2) is 219 Å². The van der Waals surface area contributed by atoms with Crippen LogP contribution in [0.2, 0.25) is 0 Å². The molecule has 0 aliphatic heterocycles. The minimum atomic E-state index is 0.604. The van der Waals surface area contributed by atoms with E-state index in [0.717, 1.165) is 72.3 Å². The van der Waals surface area contributed by atoms with Crippen molar-refractivity contribution in [2.75, 3.05) is 0 Å². The number of hydrogen-bond acceptors (Lipinski definition) is 6. The SMILES string of the molecule is c1ccc(-c2cc(-c3cccc(-c4cccc(-c5nc(-c6ccccc6)nc(-c6ccccc6)n5)c4)c3)cc(-c3ncnc(-c4ccccc4-c4ccccc4)n3)c2)cc1. The van der Waals surface area contributed by atoms with Gasteiger partial charge in [0, 0.05) is 27.8 Å². The molecule has 10 aromatic rings. The van der Waals surface area contributed by atoms with Gasteiger partial charge in [0.25, 0.3) is 0 Å². The van der Waals surface area contributed by atoms with Crippen molar-refractivity contribution in [3.05, 3.63) is 219 Å². The van der Waals surface area contributed by atoms with Crippen LogP contribution in [-0.4, -0.2) is 29.9 Å². The topological polar surface area (TPSA) is 77.3 Å². The first-order valence-corrected chi connectivity index (χ1v) is 19.8. The molecule has 0 atom stereocenters. The summed E-state index contributed by atoms with van der Waals surface area (Å²) in [5.74, 6) is 3.10. The number of nitrogens with zero attached hydrogens (tertiary/aromatic N) is 6. The second-order valence-corrected chi connectivity index (χ2v) is 14.4. The maximum atomic E-state index is 5.08. The Balaban J connectivity index is 1.04. The van der Waals surface area contributed by atoms with Gasteiger partial charge in [0.05, 0.1) is 0 Å². The summed E-state index contributed by atoms with van der Waals surface area (Å²) < 4.78 is 0. The van der Waals surface area contributed by atoms with Crippen LogP contribution in [0.5, 0.6) is 0 Å². The first kappa shape index (κ1) is 36.1. The van der Waals surface area contributed by atoms with E-state index in [1.807, 2.05) is 97.1 Å². The molecule has 0 saturated carbocycles. The van der Waals surface area contributed by atoms with Gasteiger partial charge in [-0.15, -0.1) is 0 Å². The van der Waals surface area contributed by atoms with Gasteiger partial charge in [0.2, 0.25) is 0 Å². The minimum absolute atomic E-state index is 0.604. The van der Waals surface area contributed by atoms with Crippen LogP contribution >= 0.6 is 0 Å². The van der Waals surface area contributed by atoms with Crippen molar-refractivity contribution in [3.63, 3.8) is 0 Å². The summed E-state index contributed by atoms with van der Waals surface area (Å²) in [5.41, 5.74) is 13.2. The van der Waals surface area contributed by atoms with E-state index >= 15 is 0 Å². The fourth-order valence-electron chi connectivity index (χ4n) is 7.49. The molecule has 10 rings (SSSR count). The van der Waals surface area contributed by atoms with Gasteiger partial charge in [-0.1, -0.05) is 182 Å². The second kappa shape index (κ2) is 16.3. The lowest BCUT2D eigenvalue weighted by Crippen LogP contribution is -2.00. The highest BCUT2D eigenvalue weighted by Gasteiger charge is 2.16. The maximum absolute atomic E-state index is 5.08. The highest BCUT2D eigenvalue weighted by molar-refractivity contribution is 5.84. The minimum Gasteiger partial charge on any atom is -0.217 e. The first-order valence-electron chi connectivity index (χ1n) is 19.8. The summed E-state index contributed by atoms with van der Waals surface area (Å²) in [4.78, 5) is 29.3. The number of hydrogen-bond donors (Lipinski definition) is 0. The van der Waals surface area contributed by atoms with E-state index in [4.69, 9.17) is 24.9 Å². The third kappa shape index (κ3) is 7.61. The lowest BCUT2D eigenvalue weighted by molar-refractivity contribution is 1.07. The van der Waals surface area contributed by atoms with Crippen molar-refractivity contribution in [2.24, 2.45) is 0 Å². The van der Waals surface area contributed by atoms with Crippen molar-refractivity contribution in [1.29, 1.82) is 0 Å². The molecule has 0 fully saturated rings. The molecular weight excluding hydrogens is 733 g/mol. The van der Waals surface area contributed by atoms with E-state index in [-0.39, 0.29) is 0 Å². The third-order valence-electron chi connectivity index (χ3n) is 10.5. The molecule has 0 aliphatic carbocycles. The van der Waals surface area contributed by atoms with Crippen LogP contribution in [0.3, 0.4) is 0 Å². The van der Waals surface area contributed by atoms with Crippen molar-refractivity contribution in [2.45, 2.75) is 0 Å². The van der Waals surface area contributed by atoms with Crippen LogP contribution in [0, 0.1) is 0 Å². The zero-order chi connectivity index (χ0) is 40.1. The molecule has 0 N–H and O–H groups in total. The predicted molar refractivity (Wildman–Crippen MR) is 242 cm³/mol. The predicted octanol–water partition coefficient (Wildman–Crippen LogP) is 13.1. The van der Waals surface area contributed by atoms with Crippen LogP contribution in [-0.2, 0) is 0 Å². The van der Waals surface area contributed by atoms with Crippen molar-refractivity contribution in [1.82, 2.24) is 29.9 Å². The highest BCUT2D eigenvalue weighted by atomic mass is 15.0. The maximum Gasteiger partial charge on any atom is 0.164 e. The van der Waals surface area contributed by atoms with Crippen LogP contribution in [0.25, 0.3) is 101 Å². The monoisotopic (exact) mass is 768 g/mol. The van der Waals surface area contributed by atoms with E-state index in [9.17, 15) is 0 Å². The van der Waals surface area contributed by atoms with E-state index in [1.165, 1.54) is 0 Å². The van der Waals surface area contributed by atoms with Gasteiger partial charge < -0.3 is 0 Å². The molecule has 60 heavy (non-hydrogen) atoms. The van der Waals surface area contributed by atoms with Crippen LogP contribution < -0.4 is 0 Å². The molecule has 0 spiro atoms. The molecular formula is C54H36N6. The molecule has 0 unspecified atom stereocenters. The van der Waals surface area contributed by atoms with Crippen molar-refractivity contribution >= 4 is 0 Å². The van der Waals surface area contributed by atoms with Crippen molar-refractivity contribution < 1.29 is 0 Å². The zero-order valence-electron chi connectivity index (χ0n) is 32.5. The zero-order valence-corrected chi connectivity index (χ0v) is 32.5. The number of rotatable bonds is 9. The molecule has 0 bridgehead atoms. The summed E-state index contributed by atoms with van der Waals surface area (Å²) in [6.45, 7) is 0. The van der Waals surface area contributed by atoms with Gasteiger partial charge in [-0.25, -0.2) is 29.9 Å². The fourth-order valence-corrected chi connectivity index (χ4v) is 7.49. The smallest absolute Gasteiger partial charge is 0.164 e. The Labute approximate surface area is 348 Å². The third-order valence-corrected chi connectivity index (χ3v) is 10.5. The summed E-state index contributed by atoms with van der Waals surface area (Å²) >= 11 is 0. The summed E-state index contributed by atoms with van der Waals surface area (Å²) in [5, 5.41) is 0. The second-order valence-electron chi connectivity index (χ2n) is 14.4. The number of benzene rings is 8. The lowest BCUT2D eigenvalue weighted by atomic mass is 9.93. The van der Waals surface area contributed by atoms with Gasteiger partial charge >= 0.3 is 0 Å².